The minimum absolute atomic E-state index is 0.131. The maximum atomic E-state index is 12.9. The van der Waals surface area contributed by atoms with Gasteiger partial charge in [-0.15, -0.1) is 0 Å². The molecular weight excluding hydrogens is 428 g/mol. The molecule has 4 aromatic rings. The van der Waals surface area contributed by atoms with Crippen LogP contribution in [0, 0.1) is 6.92 Å². The van der Waals surface area contributed by atoms with E-state index in [0.717, 1.165) is 21.9 Å². The topological polar surface area (TPSA) is 121 Å². The molecule has 1 amide bonds. The molecule has 3 N–H and O–H groups in total. The van der Waals surface area contributed by atoms with Crippen LogP contribution in [0.5, 0.6) is 5.88 Å². The lowest BCUT2D eigenvalue weighted by molar-refractivity contribution is 0.0963. The van der Waals surface area contributed by atoms with Crippen molar-refractivity contribution in [3.8, 4) is 17.1 Å². The van der Waals surface area contributed by atoms with Gasteiger partial charge in [-0.25, -0.2) is 18.1 Å². The van der Waals surface area contributed by atoms with Gasteiger partial charge in [0.1, 0.15) is 0 Å². The Hall–Kier alpha value is -3.98. The Bertz CT molecular complexity index is 1450. The van der Waals surface area contributed by atoms with Gasteiger partial charge in [0.15, 0.2) is 0 Å². The zero-order chi connectivity index (χ0) is 22.9. The average Bonchev–Trinajstić information content (AvgIpc) is 2.77. The third-order valence-electron chi connectivity index (χ3n) is 4.97. The molecular formula is C23H20N4O4S. The smallest absolute Gasteiger partial charge is 0.264 e. The standard InChI is InChI=1S/C23H20N4O4S/c1-14-10-11-15-6-3-4-9-18(15)21(14)19-13-20(28)26-23(25-19)27-32(30,31)17-8-5-7-16(12-17)22(29)24-2/h3-13H,1-2H3,(H,24,29)(H2,25,26,27,28). The molecule has 0 saturated carbocycles. The van der Waals surface area contributed by atoms with Crippen LogP contribution >= 0.6 is 0 Å². The Morgan fingerprint density at radius 2 is 1.75 bits per heavy atom. The number of sulfonamides is 1. The SMILES string of the molecule is CNC(=O)c1cccc(S(=O)(=O)Nc2nc(O)cc(-c3c(C)ccc4ccccc34)n2)c1. The third kappa shape index (κ3) is 4.10. The van der Waals surface area contributed by atoms with Gasteiger partial charge < -0.3 is 10.4 Å². The van der Waals surface area contributed by atoms with E-state index >= 15 is 0 Å². The summed E-state index contributed by atoms with van der Waals surface area (Å²) in [7, 11) is -2.65. The van der Waals surface area contributed by atoms with E-state index in [9.17, 15) is 18.3 Å². The summed E-state index contributed by atoms with van der Waals surface area (Å²) in [5, 5.41) is 14.5. The van der Waals surface area contributed by atoms with Gasteiger partial charge in [0.05, 0.1) is 10.6 Å². The van der Waals surface area contributed by atoms with Crippen LogP contribution in [0.1, 0.15) is 15.9 Å². The first kappa shape index (κ1) is 21.3. The van der Waals surface area contributed by atoms with Crippen LogP contribution in [0.25, 0.3) is 22.0 Å². The van der Waals surface area contributed by atoms with Gasteiger partial charge in [-0.3, -0.25) is 4.79 Å². The molecule has 3 aromatic carbocycles. The number of anilines is 1. The summed E-state index contributed by atoms with van der Waals surface area (Å²) in [6.07, 6.45) is 0. The lowest BCUT2D eigenvalue weighted by Crippen LogP contribution is -2.19. The maximum Gasteiger partial charge on any atom is 0.264 e. The summed E-state index contributed by atoms with van der Waals surface area (Å²) in [4.78, 5) is 19.9. The minimum Gasteiger partial charge on any atom is -0.493 e. The molecule has 0 aliphatic rings. The minimum atomic E-state index is -4.11. The number of aromatic hydroxyl groups is 1. The van der Waals surface area contributed by atoms with Gasteiger partial charge >= 0.3 is 0 Å². The highest BCUT2D eigenvalue weighted by atomic mass is 32.2. The highest BCUT2D eigenvalue weighted by Gasteiger charge is 2.19. The first-order chi connectivity index (χ1) is 15.3. The number of amides is 1. The van der Waals surface area contributed by atoms with Gasteiger partial charge in [0.25, 0.3) is 15.9 Å². The van der Waals surface area contributed by atoms with Crippen molar-refractivity contribution in [2.24, 2.45) is 0 Å². The molecule has 0 unspecified atom stereocenters. The van der Waals surface area contributed by atoms with E-state index in [1.807, 2.05) is 43.3 Å². The van der Waals surface area contributed by atoms with Crippen LogP contribution in [0.2, 0.25) is 0 Å². The van der Waals surface area contributed by atoms with Gasteiger partial charge in [-0.1, -0.05) is 42.5 Å². The fourth-order valence-electron chi connectivity index (χ4n) is 3.46. The molecule has 0 bridgehead atoms. The van der Waals surface area contributed by atoms with E-state index in [1.165, 1.54) is 37.4 Å². The first-order valence-electron chi connectivity index (χ1n) is 9.70. The normalized spacial score (nSPS) is 11.3. The zero-order valence-corrected chi connectivity index (χ0v) is 18.1. The van der Waals surface area contributed by atoms with Crippen LogP contribution < -0.4 is 10.0 Å². The summed E-state index contributed by atoms with van der Waals surface area (Å²) >= 11 is 0. The fraction of sp³-hybridized carbons (Fsp3) is 0.0870. The van der Waals surface area contributed by atoms with Crippen LogP contribution in [0.15, 0.2) is 71.6 Å². The lowest BCUT2D eigenvalue weighted by Gasteiger charge is -2.12. The van der Waals surface area contributed by atoms with Crippen molar-refractivity contribution in [2.45, 2.75) is 11.8 Å². The third-order valence-corrected chi connectivity index (χ3v) is 6.29. The number of fused-ring (bicyclic) bond motifs is 1. The summed E-state index contributed by atoms with van der Waals surface area (Å²) in [5.41, 5.74) is 2.25. The number of hydrogen-bond donors (Lipinski definition) is 3. The largest absolute Gasteiger partial charge is 0.493 e. The average molecular weight is 449 g/mol. The molecule has 162 valence electrons. The fourth-order valence-corrected chi connectivity index (χ4v) is 4.45. The first-order valence-corrected chi connectivity index (χ1v) is 11.2. The Balaban J connectivity index is 1.77. The van der Waals surface area contributed by atoms with Gasteiger partial charge in [0, 0.05) is 24.2 Å². The van der Waals surface area contributed by atoms with Crippen molar-refractivity contribution in [1.29, 1.82) is 0 Å². The lowest BCUT2D eigenvalue weighted by atomic mass is 9.97. The van der Waals surface area contributed by atoms with Crippen molar-refractivity contribution in [3.63, 3.8) is 0 Å². The number of aromatic nitrogens is 2. The summed E-state index contributed by atoms with van der Waals surface area (Å²) in [5.74, 6) is -1.07. The number of nitrogens with one attached hydrogen (secondary N) is 2. The Morgan fingerprint density at radius 3 is 2.53 bits per heavy atom. The van der Waals surface area contributed by atoms with Crippen LogP contribution in [0.3, 0.4) is 0 Å². The number of hydrogen-bond acceptors (Lipinski definition) is 6. The second-order valence-corrected chi connectivity index (χ2v) is 8.81. The molecule has 0 aliphatic heterocycles. The van der Waals surface area contributed by atoms with Crippen LogP contribution in [-0.4, -0.2) is 36.4 Å². The zero-order valence-electron chi connectivity index (χ0n) is 17.3. The van der Waals surface area contributed by atoms with Crippen molar-refractivity contribution < 1.29 is 18.3 Å². The van der Waals surface area contributed by atoms with Gasteiger partial charge in [-0.05, 0) is 41.5 Å². The second-order valence-electron chi connectivity index (χ2n) is 7.13. The number of rotatable bonds is 5. The number of carbonyl (C=O) groups is 1. The Morgan fingerprint density at radius 1 is 0.969 bits per heavy atom. The molecule has 0 fully saturated rings. The Kier molecular flexibility index (Phi) is 5.50. The number of aryl methyl sites for hydroxylation is 1. The van der Waals surface area contributed by atoms with Crippen molar-refractivity contribution in [3.05, 3.63) is 77.9 Å². The monoisotopic (exact) mass is 448 g/mol. The van der Waals surface area contributed by atoms with Crippen molar-refractivity contribution in [1.82, 2.24) is 15.3 Å². The molecule has 4 rings (SSSR count). The predicted molar refractivity (Wildman–Crippen MR) is 122 cm³/mol. The van der Waals surface area contributed by atoms with E-state index in [4.69, 9.17) is 0 Å². The highest BCUT2D eigenvalue weighted by Crippen LogP contribution is 2.32. The summed E-state index contributed by atoms with van der Waals surface area (Å²) < 4.78 is 28.1. The van der Waals surface area contributed by atoms with Crippen LogP contribution in [0.4, 0.5) is 5.95 Å². The van der Waals surface area contributed by atoms with Gasteiger partial charge in [0.2, 0.25) is 11.8 Å². The molecule has 0 saturated heterocycles. The molecule has 1 heterocycles. The van der Waals surface area contributed by atoms with E-state index in [1.54, 1.807) is 0 Å². The number of nitrogens with zero attached hydrogens (tertiary/aromatic N) is 2. The number of carbonyl (C=O) groups excluding carboxylic acids is 1. The number of benzene rings is 3. The molecule has 32 heavy (non-hydrogen) atoms. The molecule has 8 nitrogen and oxygen atoms in total. The van der Waals surface area contributed by atoms with E-state index < -0.39 is 15.9 Å². The molecule has 0 spiro atoms. The molecule has 0 aliphatic carbocycles. The van der Waals surface area contributed by atoms with E-state index in [2.05, 4.69) is 20.0 Å². The van der Waals surface area contributed by atoms with Crippen molar-refractivity contribution >= 4 is 32.7 Å². The van der Waals surface area contributed by atoms with Crippen molar-refractivity contribution in [2.75, 3.05) is 11.8 Å². The molecule has 1 aromatic heterocycles. The molecule has 9 heteroatoms. The second kappa shape index (κ2) is 8.27. The quantitative estimate of drug-likeness (QED) is 0.430. The summed E-state index contributed by atoms with van der Waals surface area (Å²) in [6, 6.07) is 18.6. The molecule has 0 atom stereocenters. The van der Waals surface area contributed by atoms with E-state index in [0.29, 0.717) is 5.69 Å². The van der Waals surface area contributed by atoms with E-state index in [-0.39, 0.29) is 22.3 Å². The molecule has 0 radical (unpaired) electrons. The van der Waals surface area contributed by atoms with Crippen LogP contribution in [-0.2, 0) is 10.0 Å². The maximum absolute atomic E-state index is 12.9. The highest BCUT2D eigenvalue weighted by molar-refractivity contribution is 7.92. The Labute approximate surface area is 185 Å². The predicted octanol–water partition coefficient (Wildman–Crippen LogP) is 3.47. The van der Waals surface area contributed by atoms with Gasteiger partial charge in [-0.2, -0.15) is 4.98 Å². The summed E-state index contributed by atoms with van der Waals surface area (Å²) in [6.45, 7) is 1.91.